The van der Waals surface area contributed by atoms with Gasteiger partial charge in [0.2, 0.25) is 0 Å². The van der Waals surface area contributed by atoms with Crippen molar-refractivity contribution in [3.05, 3.63) is 45.4 Å². The maximum absolute atomic E-state index is 13.6. The Labute approximate surface area is 132 Å². The maximum atomic E-state index is 13.6. The topological polar surface area (TPSA) is 17.8 Å². The summed E-state index contributed by atoms with van der Waals surface area (Å²) >= 11 is 18.0. The molecular weight excluding hydrogens is 322 g/mol. The van der Waals surface area contributed by atoms with Crippen LogP contribution in [0.2, 0.25) is 10.2 Å². The molecule has 0 saturated carbocycles. The van der Waals surface area contributed by atoms with Crippen molar-refractivity contribution in [2.24, 2.45) is 0 Å². The van der Waals surface area contributed by atoms with Gasteiger partial charge in [0.15, 0.2) is 0 Å². The second kappa shape index (κ2) is 5.55. The van der Waals surface area contributed by atoms with Crippen LogP contribution in [0.3, 0.4) is 0 Å². The number of benzene rings is 1. The lowest BCUT2D eigenvalue weighted by molar-refractivity contribution is 0.556. The molecule has 1 aromatic carbocycles. The molecule has 108 valence electrons. The summed E-state index contributed by atoms with van der Waals surface area (Å²) in [5, 5.41) is 4.94. The summed E-state index contributed by atoms with van der Waals surface area (Å²) in [6.07, 6.45) is 0. The van der Waals surface area contributed by atoms with Gasteiger partial charge >= 0.3 is 0 Å². The van der Waals surface area contributed by atoms with Gasteiger partial charge in [-0.25, -0.2) is 9.07 Å². The predicted molar refractivity (Wildman–Crippen MR) is 81.8 cm³/mol. The monoisotopic (exact) mass is 334 g/mol. The van der Waals surface area contributed by atoms with Crippen LogP contribution in [0, 0.1) is 5.82 Å². The van der Waals surface area contributed by atoms with Crippen LogP contribution in [-0.4, -0.2) is 9.78 Å². The van der Waals surface area contributed by atoms with Gasteiger partial charge in [-0.1, -0.05) is 44.0 Å². The lowest BCUT2D eigenvalue weighted by Crippen LogP contribution is -2.14. The first kappa shape index (κ1) is 15.6. The fourth-order valence-electron chi connectivity index (χ4n) is 1.94. The van der Waals surface area contributed by atoms with E-state index in [0.29, 0.717) is 10.8 Å². The molecule has 0 N–H and O–H groups in total. The molecule has 0 fully saturated rings. The summed E-state index contributed by atoms with van der Waals surface area (Å²) in [6.45, 7) is 6.07. The van der Waals surface area contributed by atoms with E-state index in [-0.39, 0.29) is 16.3 Å². The molecule has 2 nitrogen and oxygen atoms in total. The van der Waals surface area contributed by atoms with Gasteiger partial charge < -0.3 is 0 Å². The van der Waals surface area contributed by atoms with E-state index in [1.54, 1.807) is 6.07 Å². The smallest absolute Gasteiger partial charge is 0.143 e. The maximum Gasteiger partial charge on any atom is 0.143 e. The Kier molecular flexibility index (Phi) is 4.33. The zero-order chi connectivity index (χ0) is 15.1. The van der Waals surface area contributed by atoms with E-state index in [1.165, 1.54) is 16.8 Å². The van der Waals surface area contributed by atoms with Gasteiger partial charge in [0.05, 0.1) is 22.3 Å². The lowest BCUT2D eigenvalue weighted by atomic mass is 9.90. The summed E-state index contributed by atoms with van der Waals surface area (Å²) in [7, 11) is 0. The van der Waals surface area contributed by atoms with Gasteiger partial charge in [-0.05, 0) is 12.1 Å². The molecule has 0 aliphatic rings. The van der Waals surface area contributed by atoms with Gasteiger partial charge in [0, 0.05) is 17.0 Å². The van der Waals surface area contributed by atoms with E-state index in [9.17, 15) is 4.39 Å². The predicted octanol–water partition coefficient (Wildman–Crippen LogP) is 5.35. The van der Waals surface area contributed by atoms with Crippen LogP contribution >= 0.6 is 34.8 Å². The molecule has 0 aliphatic carbocycles. The molecular formula is C14H14Cl3FN2. The molecule has 0 saturated heterocycles. The highest BCUT2D eigenvalue weighted by Crippen LogP contribution is 2.33. The molecule has 6 heteroatoms. The van der Waals surface area contributed by atoms with Gasteiger partial charge in [0.25, 0.3) is 0 Å². The molecule has 1 aromatic heterocycles. The van der Waals surface area contributed by atoms with Crippen LogP contribution in [0.5, 0.6) is 0 Å². The van der Waals surface area contributed by atoms with Crippen molar-refractivity contribution >= 4 is 34.8 Å². The second-order valence-corrected chi connectivity index (χ2v) is 6.54. The van der Waals surface area contributed by atoms with Gasteiger partial charge in [-0.2, -0.15) is 5.10 Å². The highest BCUT2D eigenvalue weighted by molar-refractivity contribution is 6.32. The number of aromatic nitrogens is 2. The Balaban J connectivity index is 2.63. The number of rotatable bonds is 2. The minimum Gasteiger partial charge on any atom is -0.221 e. The Morgan fingerprint density at radius 2 is 1.90 bits per heavy atom. The Morgan fingerprint density at radius 3 is 2.35 bits per heavy atom. The summed E-state index contributed by atoms with van der Waals surface area (Å²) in [6, 6.07) is 4.43. The highest BCUT2D eigenvalue weighted by Gasteiger charge is 2.26. The molecule has 0 aliphatic heterocycles. The standard InChI is InChI=1S/C14H14Cl3FN2/c1-14(2,3)12-9(7-15)13(17)20(19-12)8-4-5-10(16)11(18)6-8/h4-6H,7H2,1-3H3. The lowest BCUT2D eigenvalue weighted by Gasteiger charge is -2.16. The zero-order valence-corrected chi connectivity index (χ0v) is 13.6. The Morgan fingerprint density at radius 1 is 1.25 bits per heavy atom. The van der Waals surface area contributed by atoms with E-state index < -0.39 is 5.82 Å². The minimum atomic E-state index is -0.513. The number of halogens is 4. The Hall–Kier alpha value is -0.770. The average Bonchev–Trinajstić information content (AvgIpc) is 2.69. The van der Waals surface area contributed by atoms with Crippen LogP contribution in [0.15, 0.2) is 18.2 Å². The van der Waals surface area contributed by atoms with Crippen LogP contribution in [0.25, 0.3) is 5.69 Å². The van der Waals surface area contributed by atoms with Crippen molar-refractivity contribution < 1.29 is 4.39 Å². The third-order valence-corrected chi connectivity index (χ3v) is 3.87. The summed E-state index contributed by atoms with van der Waals surface area (Å²) in [5.74, 6) is -0.262. The van der Waals surface area contributed by atoms with Crippen LogP contribution < -0.4 is 0 Å². The van der Waals surface area contributed by atoms with Crippen molar-refractivity contribution in [1.29, 1.82) is 0 Å². The minimum absolute atomic E-state index is 0.0608. The first-order valence-corrected chi connectivity index (χ1v) is 7.34. The van der Waals surface area contributed by atoms with E-state index >= 15 is 0 Å². The van der Waals surface area contributed by atoms with Crippen LogP contribution in [0.1, 0.15) is 32.0 Å². The van der Waals surface area contributed by atoms with Crippen molar-refractivity contribution in [2.45, 2.75) is 32.1 Å². The Bertz CT molecular complexity index is 645. The van der Waals surface area contributed by atoms with E-state index in [2.05, 4.69) is 5.10 Å². The first-order chi connectivity index (χ1) is 9.25. The largest absolute Gasteiger partial charge is 0.221 e. The fraction of sp³-hybridized carbons (Fsp3) is 0.357. The quantitative estimate of drug-likeness (QED) is 0.676. The molecule has 0 amide bonds. The number of alkyl halides is 1. The first-order valence-electron chi connectivity index (χ1n) is 6.05. The molecule has 2 aromatic rings. The van der Waals surface area contributed by atoms with E-state index in [1.807, 2.05) is 20.8 Å². The van der Waals surface area contributed by atoms with Gasteiger partial charge in [-0.15, -0.1) is 11.6 Å². The summed E-state index contributed by atoms with van der Waals surface area (Å²) in [5.41, 5.74) is 1.87. The van der Waals surface area contributed by atoms with Crippen LogP contribution in [0.4, 0.5) is 4.39 Å². The molecule has 1 heterocycles. The van der Waals surface area contributed by atoms with Gasteiger partial charge in [-0.3, -0.25) is 0 Å². The zero-order valence-electron chi connectivity index (χ0n) is 11.3. The second-order valence-electron chi connectivity index (χ2n) is 5.51. The number of hydrogen-bond acceptors (Lipinski definition) is 1. The molecule has 0 bridgehead atoms. The third kappa shape index (κ3) is 2.80. The van der Waals surface area contributed by atoms with Crippen molar-refractivity contribution in [3.8, 4) is 5.69 Å². The van der Waals surface area contributed by atoms with Crippen molar-refractivity contribution in [1.82, 2.24) is 9.78 Å². The van der Waals surface area contributed by atoms with Crippen molar-refractivity contribution in [3.63, 3.8) is 0 Å². The van der Waals surface area contributed by atoms with Crippen LogP contribution in [-0.2, 0) is 11.3 Å². The molecule has 0 unspecified atom stereocenters. The SMILES string of the molecule is CC(C)(C)c1nn(-c2ccc(Cl)c(F)c2)c(Cl)c1CCl. The van der Waals surface area contributed by atoms with E-state index in [4.69, 9.17) is 34.8 Å². The van der Waals surface area contributed by atoms with Crippen molar-refractivity contribution in [2.75, 3.05) is 0 Å². The fourth-order valence-corrected chi connectivity index (χ4v) is 2.67. The number of nitrogens with zero attached hydrogens (tertiary/aromatic N) is 2. The molecule has 2 rings (SSSR count). The number of hydrogen-bond donors (Lipinski definition) is 0. The third-order valence-electron chi connectivity index (χ3n) is 2.91. The molecule has 0 radical (unpaired) electrons. The summed E-state index contributed by atoms with van der Waals surface area (Å²) < 4.78 is 15.1. The van der Waals surface area contributed by atoms with E-state index in [0.717, 1.165) is 11.3 Å². The molecule has 0 atom stereocenters. The summed E-state index contributed by atoms with van der Waals surface area (Å²) in [4.78, 5) is 0. The average molecular weight is 336 g/mol. The normalized spacial score (nSPS) is 11.9. The van der Waals surface area contributed by atoms with Gasteiger partial charge in [0.1, 0.15) is 11.0 Å². The molecule has 0 spiro atoms. The highest BCUT2D eigenvalue weighted by atomic mass is 35.5. The molecule has 20 heavy (non-hydrogen) atoms.